The molecule has 0 fully saturated rings. The molecule has 0 aliphatic carbocycles. The van der Waals surface area contributed by atoms with Crippen molar-refractivity contribution in [3.63, 3.8) is 0 Å². The van der Waals surface area contributed by atoms with Gasteiger partial charge in [-0.05, 0) is 48.5 Å². The van der Waals surface area contributed by atoms with Crippen LogP contribution in [-0.2, 0) is 0 Å². The van der Waals surface area contributed by atoms with E-state index in [1.807, 2.05) is 0 Å². The van der Waals surface area contributed by atoms with Crippen LogP contribution in [0.1, 0.15) is 10.5 Å². The van der Waals surface area contributed by atoms with Crippen LogP contribution < -0.4 is 10.1 Å². The monoisotopic (exact) mass is 382 g/mol. The Labute approximate surface area is 150 Å². The van der Waals surface area contributed by atoms with Crippen molar-refractivity contribution in [3.05, 3.63) is 65.3 Å². The van der Waals surface area contributed by atoms with Crippen molar-refractivity contribution in [1.82, 2.24) is 5.16 Å². The second-order valence-electron chi connectivity index (χ2n) is 5.11. The van der Waals surface area contributed by atoms with Crippen LogP contribution in [0.15, 0.2) is 59.1 Å². The molecule has 0 spiro atoms. The van der Waals surface area contributed by atoms with E-state index in [-0.39, 0.29) is 17.1 Å². The Kier molecular flexibility index (Phi) is 4.85. The van der Waals surface area contributed by atoms with Gasteiger partial charge in [0, 0.05) is 22.3 Å². The predicted octanol–water partition coefficient (Wildman–Crippen LogP) is 5.15. The van der Waals surface area contributed by atoms with Crippen molar-refractivity contribution >= 4 is 23.2 Å². The SMILES string of the molecule is O=C(Nc1ccc(OC(F)(F)F)cc1)c1cc(-c2ccc(Cl)cc2)on1. The van der Waals surface area contributed by atoms with Crippen molar-refractivity contribution in [2.45, 2.75) is 6.36 Å². The maximum absolute atomic E-state index is 12.2. The summed E-state index contributed by atoms with van der Waals surface area (Å²) in [6.45, 7) is 0. The molecular formula is C17H10ClF3N2O3. The number of carbonyl (C=O) groups is 1. The first-order chi connectivity index (χ1) is 12.3. The van der Waals surface area contributed by atoms with Crippen molar-refractivity contribution in [2.24, 2.45) is 0 Å². The minimum atomic E-state index is -4.77. The minimum absolute atomic E-state index is 0.0190. The van der Waals surface area contributed by atoms with Crippen LogP contribution >= 0.6 is 11.6 Å². The predicted molar refractivity (Wildman–Crippen MR) is 88.0 cm³/mol. The van der Waals surface area contributed by atoms with Gasteiger partial charge in [0.15, 0.2) is 11.5 Å². The molecule has 0 aliphatic heterocycles. The van der Waals surface area contributed by atoms with E-state index in [9.17, 15) is 18.0 Å². The summed E-state index contributed by atoms with van der Waals surface area (Å²) in [6, 6.07) is 12.9. The molecule has 1 heterocycles. The molecule has 0 aliphatic rings. The van der Waals surface area contributed by atoms with Crippen LogP contribution in [0.5, 0.6) is 5.75 Å². The van der Waals surface area contributed by atoms with E-state index >= 15 is 0 Å². The third-order valence-electron chi connectivity index (χ3n) is 3.22. The molecule has 1 aromatic heterocycles. The van der Waals surface area contributed by atoms with Gasteiger partial charge < -0.3 is 14.6 Å². The van der Waals surface area contributed by atoms with E-state index in [1.54, 1.807) is 24.3 Å². The fraction of sp³-hybridized carbons (Fsp3) is 0.0588. The third-order valence-corrected chi connectivity index (χ3v) is 3.47. The first-order valence-electron chi connectivity index (χ1n) is 7.20. The van der Waals surface area contributed by atoms with Crippen LogP contribution in [0.25, 0.3) is 11.3 Å². The molecular weight excluding hydrogens is 373 g/mol. The number of hydrogen-bond acceptors (Lipinski definition) is 4. The number of rotatable bonds is 4. The molecule has 0 atom stereocenters. The molecule has 0 saturated heterocycles. The van der Waals surface area contributed by atoms with Crippen LogP contribution in [-0.4, -0.2) is 17.4 Å². The highest BCUT2D eigenvalue weighted by atomic mass is 35.5. The fourth-order valence-electron chi connectivity index (χ4n) is 2.07. The Morgan fingerprint density at radius 3 is 2.35 bits per heavy atom. The smallest absolute Gasteiger partial charge is 0.406 e. The lowest BCUT2D eigenvalue weighted by atomic mass is 10.1. The first-order valence-corrected chi connectivity index (χ1v) is 7.58. The topological polar surface area (TPSA) is 64.4 Å². The zero-order valence-corrected chi connectivity index (χ0v) is 13.6. The zero-order chi connectivity index (χ0) is 18.7. The molecule has 1 amide bonds. The van der Waals surface area contributed by atoms with Crippen molar-refractivity contribution in [2.75, 3.05) is 5.32 Å². The number of halogens is 4. The summed E-state index contributed by atoms with van der Waals surface area (Å²) in [7, 11) is 0. The van der Waals surface area contributed by atoms with E-state index < -0.39 is 12.3 Å². The Morgan fingerprint density at radius 1 is 1.08 bits per heavy atom. The average molecular weight is 383 g/mol. The Balaban J connectivity index is 1.68. The Hall–Kier alpha value is -3.00. The summed E-state index contributed by atoms with van der Waals surface area (Å²) in [4.78, 5) is 12.2. The standard InChI is InChI=1S/C17H10ClF3N2O3/c18-11-3-1-10(2-4-11)15-9-14(23-26-15)16(24)22-12-5-7-13(8-6-12)25-17(19,20)21/h1-9H,(H,22,24). The van der Waals surface area contributed by atoms with E-state index in [1.165, 1.54) is 18.2 Å². The lowest BCUT2D eigenvalue weighted by molar-refractivity contribution is -0.274. The molecule has 9 heteroatoms. The summed E-state index contributed by atoms with van der Waals surface area (Å²) in [5, 5.41) is 6.75. The summed E-state index contributed by atoms with van der Waals surface area (Å²) >= 11 is 5.81. The van der Waals surface area contributed by atoms with Crippen LogP contribution in [0.2, 0.25) is 5.02 Å². The van der Waals surface area contributed by atoms with Crippen LogP contribution in [0.4, 0.5) is 18.9 Å². The largest absolute Gasteiger partial charge is 0.573 e. The van der Waals surface area contributed by atoms with Crippen LogP contribution in [0.3, 0.4) is 0 Å². The van der Waals surface area contributed by atoms with Crippen molar-refractivity contribution in [3.8, 4) is 17.1 Å². The van der Waals surface area contributed by atoms with E-state index in [0.29, 0.717) is 16.3 Å². The summed E-state index contributed by atoms with van der Waals surface area (Å²) < 4.78 is 45.2. The number of carbonyl (C=O) groups excluding carboxylic acids is 1. The maximum Gasteiger partial charge on any atom is 0.573 e. The molecule has 0 saturated carbocycles. The number of benzene rings is 2. The number of hydrogen-bond donors (Lipinski definition) is 1. The molecule has 0 radical (unpaired) electrons. The normalized spacial score (nSPS) is 11.2. The minimum Gasteiger partial charge on any atom is -0.406 e. The lowest BCUT2D eigenvalue weighted by Crippen LogP contribution is -2.17. The van der Waals surface area contributed by atoms with E-state index in [4.69, 9.17) is 16.1 Å². The third kappa shape index (κ3) is 4.54. The van der Waals surface area contributed by atoms with Gasteiger partial charge in [0.05, 0.1) is 0 Å². The quantitative estimate of drug-likeness (QED) is 0.678. The number of ether oxygens (including phenoxy) is 1. The van der Waals surface area contributed by atoms with E-state index in [0.717, 1.165) is 12.1 Å². The van der Waals surface area contributed by atoms with Gasteiger partial charge in [-0.1, -0.05) is 16.8 Å². The van der Waals surface area contributed by atoms with Crippen molar-refractivity contribution < 1.29 is 27.2 Å². The molecule has 0 bridgehead atoms. The summed E-state index contributed by atoms with van der Waals surface area (Å²) in [5.74, 6) is -0.582. The lowest BCUT2D eigenvalue weighted by Gasteiger charge is -2.09. The van der Waals surface area contributed by atoms with Gasteiger partial charge in [-0.3, -0.25) is 4.79 Å². The summed E-state index contributed by atoms with van der Waals surface area (Å²) in [5.41, 5.74) is 0.987. The molecule has 0 unspecified atom stereocenters. The van der Waals surface area contributed by atoms with Gasteiger partial charge >= 0.3 is 6.36 Å². The number of nitrogens with one attached hydrogen (secondary N) is 1. The number of amides is 1. The van der Waals surface area contributed by atoms with Crippen molar-refractivity contribution in [1.29, 1.82) is 0 Å². The number of anilines is 1. The molecule has 26 heavy (non-hydrogen) atoms. The number of aromatic nitrogens is 1. The molecule has 134 valence electrons. The van der Waals surface area contributed by atoms with Crippen LogP contribution in [0, 0.1) is 0 Å². The van der Waals surface area contributed by atoms with Gasteiger partial charge in [0.25, 0.3) is 5.91 Å². The van der Waals surface area contributed by atoms with Gasteiger partial charge in [-0.2, -0.15) is 0 Å². The van der Waals surface area contributed by atoms with E-state index in [2.05, 4.69) is 15.2 Å². The highest BCUT2D eigenvalue weighted by Gasteiger charge is 2.31. The highest BCUT2D eigenvalue weighted by Crippen LogP contribution is 2.25. The Morgan fingerprint density at radius 2 is 1.73 bits per heavy atom. The van der Waals surface area contributed by atoms with Gasteiger partial charge in [0.2, 0.25) is 0 Å². The molecule has 3 rings (SSSR count). The van der Waals surface area contributed by atoms with Gasteiger partial charge in [-0.25, -0.2) is 0 Å². The van der Waals surface area contributed by atoms with Gasteiger partial charge in [0.1, 0.15) is 5.75 Å². The molecule has 2 aromatic carbocycles. The maximum atomic E-state index is 12.2. The first kappa shape index (κ1) is 17.8. The number of alkyl halides is 3. The zero-order valence-electron chi connectivity index (χ0n) is 12.9. The molecule has 5 nitrogen and oxygen atoms in total. The highest BCUT2D eigenvalue weighted by molar-refractivity contribution is 6.30. The Bertz CT molecular complexity index is 906. The molecule has 1 N–H and O–H groups in total. The summed E-state index contributed by atoms with van der Waals surface area (Å²) in [6.07, 6.45) is -4.77. The average Bonchev–Trinajstić information content (AvgIpc) is 3.06. The second-order valence-corrected chi connectivity index (χ2v) is 5.55. The second kappa shape index (κ2) is 7.09. The fourth-order valence-corrected chi connectivity index (χ4v) is 2.19. The van der Waals surface area contributed by atoms with Gasteiger partial charge in [-0.15, -0.1) is 13.2 Å². The molecule has 3 aromatic rings. The number of nitrogens with zero attached hydrogens (tertiary/aromatic N) is 1.